The second-order valence-electron chi connectivity index (χ2n) is 5.05. The van der Waals surface area contributed by atoms with Crippen LogP contribution in [0.1, 0.15) is 0 Å². The van der Waals surface area contributed by atoms with E-state index >= 15 is 0 Å². The summed E-state index contributed by atoms with van der Waals surface area (Å²) in [6, 6.07) is 14.8. The van der Waals surface area contributed by atoms with Crippen molar-refractivity contribution >= 4 is 23.3 Å². The predicted octanol–water partition coefficient (Wildman–Crippen LogP) is 0.432. The van der Waals surface area contributed by atoms with Crippen LogP contribution in [-0.2, 0) is 9.59 Å². The fraction of sp³-hybridized carbons (Fsp3) is 0.222. The zero-order valence-corrected chi connectivity index (χ0v) is 15.4. The molecule has 0 saturated heterocycles. The number of carboxylic acid groups (broad SMARTS) is 2. The minimum Gasteiger partial charge on any atom is -0.495 e. The van der Waals surface area contributed by atoms with Gasteiger partial charge in [-0.3, -0.25) is 0 Å². The van der Waals surface area contributed by atoms with Gasteiger partial charge >= 0.3 is 11.9 Å². The summed E-state index contributed by atoms with van der Waals surface area (Å²) in [5.74, 6) is -2.07. The van der Waals surface area contributed by atoms with Gasteiger partial charge in [0.2, 0.25) is 0 Å². The predicted molar refractivity (Wildman–Crippen MR) is 102 cm³/mol. The molecular weight excluding hydrogens is 372 g/mol. The number of rotatable bonds is 5. The molecule has 0 bridgehead atoms. The molecule has 2 aromatic carbocycles. The summed E-state index contributed by atoms with van der Waals surface area (Å²) in [6.07, 6.45) is -4.53. The Labute approximate surface area is 161 Å². The molecule has 0 aliphatic rings. The minimum atomic E-state index is -2.27. The van der Waals surface area contributed by atoms with Crippen molar-refractivity contribution in [2.75, 3.05) is 25.7 Å². The van der Waals surface area contributed by atoms with Gasteiger partial charge in [-0.25, -0.2) is 9.59 Å². The quantitative estimate of drug-likeness (QED) is 0.387. The zero-order valence-electron chi connectivity index (χ0n) is 15.4. The Hall–Kier alpha value is -3.50. The Bertz CT molecular complexity index is 690. The highest BCUT2D eigenvalue weighted by Gasteiger charge is 2.29. The molecule has 154 valence electrons. The lowest BCUT2D eigenvalue weighted by molar-refractivity contribution is -0.165. The second-order valence-corrected chi connectivity index (χ2v) is 5.05. The van der Waals surface area contributed by atoms with E-state index in [9.17, 15) is 9.59 Å². The average Bonchev–Trinajstić information content (AvgIpc) is 2.68. The van der Waals surface area contributed by atoms with Crippen LogP contribution in [0.2, 0.25) is 0 Å². The zero-order chi connectivity index (χ0) is 21.7. The van der Waals surface area contributed by atoms with Crippen LogP contribution in [0, 0.1) is 0 Å². The third-order valence-corrected chi connectivity index (χ3v) is 3.08. The van der Waals surface area contributed by atoms with Crippen molar-refractivity contribution in [2.24, 2.45) is 0 Å². The van der Waals surface area contributed by atoms with Gasteiger partial charge < -0.3 is 41.4 Å². The maximum absolute atomic E-state index is 9.77. The second kappa shape index (κ2) is 12.8. The van der Waals surface area contributed by atoms with Gasteiger partial charge in [0.25, 0.3) is 0 Å². The summed E-state index contributed by atoms with van der Waals surface area (Å²) in [5.41, 5.74) is 12.4. The molecule has 10 nitrogen and oxygen atoms in total. The normalized spacial score (nSPS) is 11.4. The van der Waals surface area contributed by atoms with Crippen molar-refractivity contribution in [3.63, 3.8) is 0 Å². The third-order valence-electron chi connectivity index (χ3n) is 3.08. The first-order chi connectivity index (χ1) is 13.1. The first-order valence-electron chi connectivity index (χ1n) is 7.74. The lowest BCUT2D eigenvalue weighted by Gasteiger charge is -2.07. The van der Waals surface area contributed by atoms with Crippen LogP contribution in [-0.4, -0.2) is 58.8 Å². The largest absolute Gasteiger partial charge is 0.495 e. The van der Waals surface area contributed by atoms with Gasteiger partial charge in [0.15, 0.2) is 12.2 Å². The summed E-state index contributed by atoms with van der Waals surface area (Å²) in [5, 5.41) is 32.5. The maximum Gasteiger partial charge on any atom is 0.335 e. The number of carboxylic acids is 2. The topological polar surface area (TPSA) is 186 Å². The van der Waals surface area contributed by atoms with E-state index in [-0.39, 0.29) is 0 Å². The highest BCUT2D eigenvalue weighted by Crippen LogP contribution is 2.18. The SMILES string of the molecule is COc1ccccc1N.COc1ccccc1N.O=C(O)C(O)C(O)C(=O)O. The number of anilines is 2. The van der Waals surface area contributed by atoms with Gasteiger partial charge in [-0.1, -0.05) is 24.3 Å². The van der Waals surface area contributed by atoms with Crippen LogP contribution in [0.3, 0.4) is 0 Å². The number of aliphatic hydroxyl groups excluding tert-OH is 2. The van der Waals surface area contributed by atoms with E-state index in [4.69, 9.17) is 41.4 Å². The number of methoxy groups -OCH3 is 2. The summed E-state index contributed by atoms with van der Waals surface area (Å²) in [6.45, 7) is 0. The number of aliphatic carboxylic acids is 2. The molecule has 2 atom stereocenters. The highest BCUT2D eigenvalue weighted by atomic mass is 16.5. The Morgan fingerprint density at radius 3 is 1.21 bits per heavy atom. The van der Waals surface area contributed by atoms with Gasteiger partial charge in [0.1, 0.15) is 11.5 Å². The molecule has 0 fully saturated rings. The molecule has 0 aliphatic heterocycles. The summed E-state index contributed by atoms with van der Waals surface area (Å²) >= 11 is 0. The monoisotopic (exact) mass is 396 g/mol. The fourth-order valence-corrected chi connectivity index (χ4v) is 1.60. The summed E-state index contributed by atoms with van der Waals surface area (Å²) in [7, 11) is 3.21. The van der Waals surface area contributed by atoms with Crippen LogP contribution in [0.15, 0.2) is 48.5 Å². The highest BCUT2D eigenvalue weighted by molar-refractivity contribution is 5.83. The lowest BCUT2D eigenvalue weighted by Crippen LogP contribution is -2.39. The Balaban J connectivity index is 0.000000391. The van der Waals surface area contributed by atoms with E-state index in [1.165, 1.54) is 0 Å². The first kappa shape index (κ1) is 24.5. The van der Waals surface area contributed by atoms with Gasteiger partial charge in [-0.15, -0.1) is 0 Å². The van der Waals surface area contributed by atoms with Crippen LogP contribution >= 0.6 is 0 Å². The Morgan fingerprint density at radius 2 is 1.04 bits per heavy atom. The molecule has 0 radical (unpaired) electrons. The van der Waals surface area contributed by atoms with Crippen molar-refractivity contribution < 1.29 is 39.5 Å². The number of hydrogen-bond acceptors (Lipinski definition) is 8. The van der Waals surface area contributed by atoms with E-state index in [0.717, 1.165) is 11.5 Å². The van der Waals surface area contributed by atoms with Crippen molar-refractivity contribution in [3.8, 4) is 11.5 Å². The average molecular weight is 396 g/mol. The number of hydrogen-bond donors (Lipinski definition) is 6. The number of carbonyl (C=O) groups is 2. The molecular formula is C18H24N2O8. The fourth-order valence-electron chi connectivity index (χ4n) is 1.60. The number of para-hydroxylation sites is 4. The standard InChI is InChI=1S/2C7H9NO.C4H6O6/c2*1-9-7-5-3-2-4-6(7)8;5-1(3(7)8)2(6)4(9)10/h2*2-5H,8H2,1H3;1-2,5-6H,(H,7,8)(H,9,10). The first-order valence-corrected chi connectivity index (χ1v) is 7.74. The molecule has 28 heavy (non-hydrogen) atoms. The summed E-state index contributed by atoms with van der Waals surface area (Å²) in [4.78, 5) is 19.5. The van der Waals surface area contributed by atoms with Gasteiger partial charge in [0, 0.05) is 0 Å². The van der Waals surface area contributed by atoms with Crippen molar-refractivity contribution in [1.29, 1.82) is 0 Å². The van der Waals surface area contributed by atoms with Crippen LogP contribution < -0.4 is 20.9 Å². The number of nitrogens with two attached hydrogens (primary N) is 2. The molecule has 2 rings (SSSR count). The molecule has 8 N–H and O–H groups in total. The van der Waals surface area contributed by atoms with Crippen LogP contribution in [0.5, 0.6) is 11.5 Å². The summed E-state index contributed by atoms with van der Waals surface area (Å²) < 4.78 is 9.84. The van der Waals surface area contributed by atoms with E-state index in [1.807, 2.05) is 36.4 Å². The number of aliphatic hydroxyl groups is 2. The molecule has 0 aliphatic carbocycles. The van der Waals surface area contributed by atoms with Crippen LogP contribution in [0.25, 0.3) is 0 Å². The number of benzene rings is 2. The molecule has 2 unspecified atom stereocenters. The molecule has 0 spiro atoms. The Morgan fingerprint density at radius 1 is 0.750 bits per heavy atom. The van der Waals surface area contributed by atoms with Gasteiger partial charge in [0.05, 0.1) is 25.6 Å². The van der Waals surface area contributed by atoms with Crippen molar-refractivity contribution in [3.05, 3.63) is 48.5 Å². The minimum absolute atomic E-state index is 0.681. The van der Waals surface area contributed by atoms with E-state index < -0.39 is 24.1 Å². The molecule has 0 heterocycles. The van der Waals surface area contributed by atoms with Gasteiger partial charge in [-0.05, 0) is 24.3 Å². The van der Waals surface area contributed by atoms with Crippen molar-refractivity contribution in [2.45, 2.75) is 12.2 Å². The third kappa shape index (κ3) is 8.74. The Kier molecular flexibility index (Phi) is 11.2. The molecule has 10 heteroatoms. The lowest BCUT2D eigenvalue weighted by atomic mass is 10.2. The maximum atomic E-state index is 9.77. The van der Waals surface area contributed by atoms with E-state index in [2.05, 4.69) is 0 Å². The number of ether oxygens (including phenoxy) is 2. The van der Waals surface area contributed by atoms with Crippen molar-refractivity contribution in [1.82, 2.24) is 0 Å². The van der Waals surface area contributed by atoms with Gasteiger partial charge in [-0.2, -0.15) is 0 Å². The molecule has 0 amide bonds. The molecule has 0 saturated carbocycles. The smallest absolute Gasteiger partial charge is 0.335 e. The van der Waals surface area contributed by atoms with E-state index in [0.29, 0.717) is 11.4 Å². The van der Waals surface area contributed by atoms with Crippen LogP contribution in [0.4, 0.5) is 11.4 Å². The van der Waals surface area contributed by atoms with E-state index in [1.54, 1.807) is 26.4 Å². The molecule has 0 aromatic heterocycles. The molecule has 2 aromatic rings. The number of nitrogen functional groups attached to an aromatic ring is 2.